The zero-order valence-electron chi connectivity index (χ0n) is 11.1. The standard InChI is InChI=1S/C13H21N3O2/c1-10-7-12(8-14-2)16-13(15-10)18-9-11-3-5-17-6-4-11/h7,11,14H,3-6,8-9H2,1-2H3. The van der Waals surface area contributed by atoms with E-state index in [2.05, 4.69) is 15.3 Å². The zero-order valence-corrected chi connectivity index (χ0v) is 11.1. The minimum Gasteiger partial charge on any atom is -0.463 e. The Hall–Kier alpha value is -1.20. The summed E-state index contributed by atoms with van der Waals surface area (Å²) in [5.41, 5.74) is 1.91. The lowest BCUT2D eigenvalue weighted by molar-refractivity contribution is 0.0481. The van der Waals surface area contributed by atoms with Crippen molar-refractivity contribution in [2.45, 2.75) is 26.3 Å². The second-order valence-electron chi connectivity index (χ2n) is 4.68. The number of rotatable bonds is 5. The van der Waals surface area contributed by atoms with Gasteiger partial charge < -0.3 is 14.8 Å². The second kappa shape index (κ2) is 6.66. The molecule has 0 saturated carbocycles. The summed E-state index contributed by atoms with van der Waals surface area (Å²) in [6.45, 7) is 5.06. The van der Waals surface area contributed by atoms with Crippen LogP contribution in [0.1, 0.15) is 24.2 Å². The highest BCUT2D eigenvalue weighted by Gasteiger charge is 2.15. The normalized spacial score (nSPS) is 16.8. The van der Waals surface area contributed by atoms with E-state index in [-0.39, 0.29) is 0 Å². The van der Waals surface area contributed by atoms with Gasteiger partial charge in [-0.25, -0.2) is 4.98 Å². The molecule has 0 bridgehead atoms. The van der Waals surface area contributed by atoms with Crippen molar-refractivity contribution in [1.82, 2.24) is 15.3 Å². The third kappa shape index (κ3) is 3.92. The molecule has 0 atom stereocenters. The van der Waals surface area contributed by atoms with Gasteiger partial charge in [-0.15, -0.1) is 0 Å². The van der Waals surface area contributed by atoms with Crippen molar-refractivity contribution in [2.24, 2.45) is 5.92 Å². The van der Waals surface area contributed by atoms with Gasteiger partial charge in [0.05, 0.1) is 12.3 Å². The summed E-state index contributed by atoms with van der Waals surface area (Å²) < 4.78 is 11.0. The van der Waals surface area contributed by atoms with Crippen LogP contribution < -0.4 is 10.1 Å². The van der Waals surface area contributed by atoms with Crippen LogP contribution in [0, 0.1) is 12.8 Å². The summed E-state index contributed by atoms with van der Waals surface area (Å²) in [6.07, 6.45) is 2.13. The summed E-state index contributed by atoms with van der Waals surface area (Å²) >= 11 is 0. The lowest BCUT2D eigenvalue weighted by atomic mass is 10.0. The molecule has 0 radical (unpaired) electrons. The van der Waals surface area contributed by atoms with E-state index >= 15 is 0 Å². The first-order valence-electron chi connectivity index (χ1n) is 6.47. The molecule has 2 heterocycles. The molecule has 100 valence electrons. The number of nitrogens with one attached hydrogen (secondary N) is 1. The van der Waals surface area contributed by atoms with E-state index in [1.165, 1.54) is 0 Å². The van der Waals surface area contributed by atoms with Crippen molar-refractivity contribution in [2.75, 3.05) is 26.9 Å². The first-order chi connectivity index (χ1) is 8.78. The minimum atomic E-state index is 0.492. The van der Waals surface area contributed by atoms with Crippen LogP contribution in [0.5, 0.6) is 6.01 Å². The van der Waals surface area contributed by atoms with Crippen molar-refractivity contribution >= 4 is 0 Å². The summed E-state index contributed by atoms with van der Waals surface area (Å²) in [5.74, 6) is 0.565. The van der Waals surface area contributed by atoms with Gasteiger partial charge in [0.1, 0.15) is 0 Å². The maximum Gasteiger partial charge on any atom is 0.316 e. The summed E-state index contributed by atoms with van der Waals surface area (Å²) in [4.78, 5) is 8.69. The van der Waals surface area contributed by atoms with Gasteiger partial charge in [0.15, 0.2) is 0 Å². The van der Waals surface area contributed by atoms with Crippen LogP contribution in [0.2, 0.25) is 0 Å². The van der Waals surface area contributed by atoms with Crippen molar-refractivity contribution in [3.8, 4) is 6.01 Å². The van der Waals surface area contributed by atoms with Crippen LogP contribution in [0.25, 0.3) is 0 Å². The van der Waals surface area contributed by atoms with Crippen LogP contribution in [-0.2, 0) is 11.3 Å². The number of hydrogen-bond donors (Lipinski definition) is 1. The average molecular weight is 251 g/mol. The molecule has 1 aliphatic rings. The van der Waals surface area contributed by atoms with Gasteiger partial charge in [-0.3, -0.25) is 0 Å². The first-order valence-corrected chi connectivity index (χ1v) is 6.47. The molecule has 0 aliphatic carbocycles. The lowest BCUT2D eigenvalue weighted by Gasteiger charge is -2.21. The number of aryl methyl sites for hydroxylation is 1. The fourth-order valence-electron chi connectivity index (χ4n) is 2.05. The molecule has 1 aliphatic heterocycles. The highest BCUT2D eigenvalue weighted by Crippen LogP contribution is 2.16. The van der Waals surface area contributed by atoms with E-state index < -0.39 is 0 Å². The van der Waals surface area contributed by atoms with Crippen molar-refractivity contribution < 1.29 is 9.47 Å². The van der Waals surface area contributed by atoms with E-state index in [1.807, 2.05) is 20.0 Å². The van der Waals surface area contributed by atoms with Crippen LogP contribution in [0.3, 0.4) is 0 Å². The Labute approximate surface area is 108 Å². The molecular formula is C13H21N3O2. The molecule has 18 heavy (non-hydrogen) atoms. The van der Waals surface area contributed by atoms with Crippen molar-refractivity contribution in [1.29, 1.82) is 0 Å². The molecular weight excluding hydrogens is 230 g/mol. The fraction of sp³-hybridized carbons (Fsp3) is 0.692. The number of nitrogens with zero attached hydrogens (tertiary/aromatic N) is 2. The molecule has 1 aromatic rings. The van der Waals surface area contributed by atoms with E-state index in [9.17, 15) is 0 Å². The fourth-order valence-corrected chi connectivity index (χ4v) is 2.05. The van der Waals surface area contributed by atoms with Gasteiger partial charge in [0.2, 0.25) is 0 Å². The molecule has 5 nitrogen and oxygen atoms in total. The minimum absolute atomic E-state index is 0.492. The van der Waals surface area contributed by atoms with Crippen LogP contribution in [0.4, 0.5) is 0 Å². The topological polar surface area (TPSA) is 56.3 Å². The van der Waals surface area contributed by atoms with E-state index in [0.29, 0.717) is 18.5 Å². The summed E-state index contributed by atoms with van der Waals surface area (Å²) in [5, 5.41) is 3.08. The van der Waals surface area contributed by atoms with Gasteiger partial charge in [-0.05, 0) is 38.8 Å². The van der Waals surface area contributed by atoms with Gasteiger partial charge in [-0.1, -0.05) is 0 Å². The number of ether oxygens (including phenoxy) is 2. The first kappa shape index (κ1) is 13.2. The van der Waals surface area contributed by atoms with Crippen LogP contribution >= 0.6 is 0 Å². The largest absolute Gasteiger partial charge is 0.463 e. The highest BCUT2D eigenvalue weighted by molar-refractivity contribution is 5.12. The molecule has 0 unspecified atom stereocenters. The smallest absolute Gasteiger partial charge is 0.316 e. The van der Waals surface area contributed by atoms with Gasteiger partial charge in [0, 0.05) is 25.5 Å². The Kier molecular flexibility index (Phi) is 4.90. The highest BCUT2D eigenvalue weighted by atomic mass is 16.5. The van der Waals surface area contributed by atoms with Gasteiger partial charge >= 0.3 is 6.01 Å². The second-order valence-corrected chi connectivity index (χ2v) is 4.68. The maximum atomic E-state index is 5.71. The average Bonchev–Trinajstić information content (AvgIpc) is 2.37. The van der Waals surface area contributed by atoms with E-state index in [1.54, 1.807) is 0 Å². The monoisotopic (exact) mass is 251 g/mol. The number of hydrogen-bond acceptors (Lipinski definition) is 5. The number of aromatic nitrogens is 2. The lowest BCUT2D eigenvalue weighted by Crippen LogP contribution is -2.22. The molecule has 1 saturated heterocycles. The maximum absolute atomic E-state index is 5.71. The van der Waals surface area contributed by atoms with Crippen molar-refractivity contribution in [3.63, 3.8) is 0 Å². The Bertz CT molecular complexity index is 378. The Morgan fingerprint density at radius 1 is 1.39 bits per heavy atom. The predicted octanol–water partition coefficient (Wildman–Crippen LogP) is 1.31. The molecule has 1 aromatic heterocycles. The van der Waals surface area contributed by atoms with E-state index in [4.69, 9.17) is 9.47 Å². The Morgan fingerprint density at radius 3 is 2.89 bits per heavy atom. The van der Waals surface area contributed by atoms with Crippen LogP contribution in [0.15, 0.2) is 6.07 Å². The van der Waals surface area contributed by atoms with Crippen LogP contribution in [-0.4, -0.2) is 36.8 Å². The predicted molar refractivity (Wildman–Crippen MR) is 68.6 cm³/mol. The molecule has 1 fully saturated rings. The summed E-state index contributed by atoms with van der Waals surface area (Å²) in [6, 6.07) is 2.46. The molecule has 5 heteroatoms. The molecule has 2 rings (SSSR count). The molecule has 0 spiro atoms. The van der Waals surface area contributed by atoms with Gasteiger partial charge in [-0.2, -0.15) is 4.98 Å². The van der Waals surface area contributed by atoms with E-state index in [0.717, 1.165) is 44.0 Å². The summed E-state index contributed by atoms with van der Waals surface area (Å²) in [7, 11) is 1.90. The molecule has 0 aromatic carbocycles. The van der Waals surface area contributed by atoms with Crippen molar-refractivity contribution in [3.05, 3.63) is 17.5 Å². The zero-order chi connectivity index (χ0) is 12.8. The van der Waals surface area contributed by atoms with Gasteiger partial charge in [0.25, 0.3) is 0 Å². The Balaban J connectivity index is 1.91. The third-order valence-corrected chi connectivity index (χ3v) is 3.03. The molecule has 1 N–H and O–H groups in total. The third-order valence-electron chi connectivity index (χ3n) is 3.03. The molecule has 0 amide bonds. The SMILES string of the molecule is CNCc1cc(C)nc(OCC2CCOCC2)n1. The quantitative estimate of drug-likeness (QED) is 0.855. The Morgan fingerprint density at radius 2 is 2.17 bits per heavy atom.